The van der Waals surface area contributed by atoms with Crippen LogP contribution in [0.2, 0.25) is 0 Å². The lowest BCUT2D eigenvalue weighted by atomic mass is 10.1. The fourth-order valence-electron chi connectivity index (χ4n) is 2.58. The van der Waals surface area contributed by atoms with Crippen LogP contribution in [0.25, 0.3) is 21.8 Å². The van der Waals surface area contributed by atoms with Crippen LogP contribution in [0.4, 0.5) is 11.6 Å². The lowest BCUT2D eigenvalue weighted by Crippen LogP contribution is -1.98. The van der Waals surface area contributed by atoms with Gasteiger partial charge in [-0.2, -0.15) is 0 Å². The first-order valence-electron chi connectivity index (χ1n) is 8.06. The Kier molecular flexibility index (Phi) is 4.57. The van der Waals surface area contributed by atoms with E-state index in [1.165, 1.54) is 0 Å². The molecule has 0 bridgehead atoms. The Labute approximate surface area is 155 Å². The van der Waals surface area contributed by atoms with Crippen molar-refractivity contribution in [3.63, 3.8) is 0 Å². The van der Waals surface area contributed by atoms with Gasteiger partial charge in [0.1, 0.15) is 16.5 Å². The van der Waals surface area contributed by atoms with Crippen molar-refractivity contribution in [1.29, 1.82) is 0 Å². The topological polar surface area (TPSA) is 59.9 Å². The molecule has 2 heterocycles. The van der Waals surface area contributed by atoms with E-state index >= 15 is 0 Å². The highest BCUT2D eigenvalue weighted by atomic mass is 32.1. The van der Waals surface area contributed by atoms with Crippen LogP contribution in [-0.4, -0.2) is 22.1 Å². The van der Waals surface area contributed by atoms with Crippen molar-refractivity contribution in [2.45, 2.75) is 0 Å². The Morgan fingerprint density at radius 1 is 0.923 bits per heavy atom. The van der Waals surface area contributed by atoms with Crippen molar-refractivity contribution >= 4 is 23.0 Å². The molecule has 0 aliphatic carbocycles. The molecule has 6 heteroatoms. The predicted octanol–water partition coefficient (Wildman–Crippen LogP) is 5.02. The van der Waals surface area contributed by atoms with Gasteiger partial charge in [0, 0.05) is 23.5 Å². The van der Waals surface area contributed by atoms with Gasteiger partial charge in [-0.15, -0.1) is 11.3 Å². The normalized spacial score (nSPS) is 10.5. The summed E-state index contributed by atoms with van der Waals surface area (Å²) >= 11 is 1.55. The van der Waals surface area contributed by atoms with Crippen LogP contribution < -0.4 is 10.1 Å². The van der Waals surface area contributed by atoms with Gasteiger partial charge in [-0.05, 0) is 41.5 Å². The van der Waals surface area contributed by atoms with Gasteiger partial charge in [0.05, 0.1) is 7.11 Å². The van der Waals surface area contributed by atoms with E-state index in [0.29, 0.717) is 5.95 Å². The number of anilines is 2. The molecule has 0 amide bonds. The number of aromatic nitrogens is 3. The average molecular weight is 360 g/mol. The zero-order valence-corrected chi connectivity index (χ0v) is 14.9. The number of nitrogens with zero attached hydrogens (tertiary/aromatic N) is 3. The van der Waals surface area contributed by atoms with E-state index in [1.807, 2.05) is 47.8 Å². The largest absolute Gasteiger partial charge is 0.497 e. The molecule has 0 saturated carbocycles. The van der Waals surface area contributed by atoms with Gasteiger partial charge in [0.2, 0.25) is 5.95 Å². The summed E-state index contributed by atoms with van der Waals surface area (Å²) < 4.78 is 5.22. The summed E-state index contributed by atoms with van der Waals surface area (Å²) in [6.07, 6.45) is 3.51. The summed E-state index contributed by atoms with van der Waals surface area (Å²) in [6, 6.07) is 18.0. The quantitative estimate of drug-likeness (QED) is 0.541. The average Bonchev–Trinajstić information content (AvgIpc) is 3.23. The molecule has 0 fully saturated rings. The molecule has 0 atom stereocenters. The standard InChI is InChI=1S/C20H16N4OS/c1-25-17-7-5-14(6-8-17)15-3-2-4-16(13-15)23-20-22-10-9-18(24-20)19-21-11-12-26-19/h2-13H,1H3,(H,22,23,24). The number of methoxy groups -OCH3 is 1. The van der Waals surface area contributed by atoms with Gasteiger partial charge in [-0.25, -0.2) is 15.0 Å². The third-order valence-corrected chi connectivity index (χ3v) is 4.64. The van der Waals surface area contributed by atoms with Crippen molar-refractivity contribution in [3.05, 3.63) is 72.4 Å². The van der Waals surface area contributed by atoms with E-state index in [4.69, 9.17) is 4.74 Å². The van der Waals surface area contributed by atoms with Crippen LogP contribution in [0.1, 0.15) is 0 Å². The number of hydrogen-bond donors (Lipinski definition) is 1. The van der Waals surface area contributed by atoms with Crippen LogP contribution in [0.15, 0.2) is 72.4 Å². The van der Waals surface area contributed by atoms with Crippen molar-refractivity contribution in [1.82, 2.24) is 15.0 Å². The Balaban J connectivity index is 1.58. The Morgan fingerprint density at radius 3 is 2.58 bits per heavy atom. The number of hydrogen-bond acceptors (Lipinski definition) is 6. The lowest BCUT2D eigenvalue weighted by Gasteiger charge is -2.08. The second kappa shape index (κ2) is 7.33. The summed E-state index contributed by atoms with van der Waals surface area (Å²) in [6.45, 7) is 0. The third-order valence-electron chi connectivity index (χ3n) is 3.85. The monoisotopic (exact) mass is 360 g/mol. The molecule has 2 aromatic heterocycles. The molecule has 0 spiro atoms. The minimum absolute atomic E-state index is 0.546. The van der Waals surface area contributed by atoms with Crippen LogP contribution >= 0.6 is 11.3 Å². The van der Waals surface area contributed by atoms with Crippen molar-refractivity contribution in [3.8, 4) is 27.6 Å². The molecule has 26 heavy (non-hydrogen) atoms. The molecule has 4 aromatic rings. The number of rotatable bonds is 5. The van der Waals surface area contributed by atoms with Crippen LogP contribution in [0.5, 0.6) is 5.75 Å². The molecule has 5 nitrogen and oxygen atoms in total. The molecular weight excluding hydrogens is 344 g/mol. The zero-order valence-electron chi connectivity index (χ0n) is 14.1. The van der Waals surface area contributed by atoms with Gasteiger partial charge in [-0.1, -0.05) is 24.3 Å². The minimum atomic E-state index is 0.546. The van der Waals surface area contributed by atoms with Gasteiger partial charge in [0.25, 0.3) is 0 Å². The van der Waals surface area contributed by atoms with Gasteiger partial charge < -0.3 is 10.1 Å². The Bertz CT molecular complexity index is 1000. The van der Waals surface area contributed by atoms with E-state index in [0.717, 1.165) is 33.3 Å². The third kappa shape index (κ3) is 3.55. The van der Waals surface area contributed by atoms with Crippen LogP contribution in [0, 0.1) is 0 Å². The summed E-state index contributed by atoms with van der Waals surface area (Å²) in [4.78, 5) is 13.1. The molecule has 2 aromatic carbocycles. The van der Waals surface area contributed by atoms with Crippen LogP contribution in [-0.2, 0) is 0 Å². The van der Waals surface area contributed by atoms with E-state index < -0.39 is 0 Å². The first-order chi connectivity index (χ1) is 12.8. The first kappa shape index (κ1) is 16.2. The van der Waals surface area contributed by atoms with Gasteiger partial charge >= 0.3 is 0 Å². The fourth-order valence-corrected chi connectivity index (χ4v) is 3.18. The Hall–Kier alpha value is -3.25. The highest BCUT2D eigenvalue weighted by Gasteiger charge is 2.06. The maximum absolute atomic E-state index is 5.22. The van der Waals surface area contributed by atoms with E-state index in [9.17, 15) is 0 Å². The first-order valence-corrected chi connectivity index (χ1v) is 8.94. The fraction of sp³-hybridized carbons (Fsp3) is 0.0500. The number of ether oxygens (including phenoxy) is 1. The summed E-state index contributed by atoms with van der Waals surface area (Å²) in [5, 5.41) is 6.08. The maximum atomic E-state index is 5.22. The van der Waals surface area contributed by atoms with Gasteiger partial charge in [0.15, 0.2) is 0 Å². The summed E-state index contributed by atoms with van der Waals surface area (Å²) in [5.41, 5.74) is 3.96. The van der Waals surface area contributed by atoms with Gasteiger partial charge in [-0.3, -0.25) is 0 Å². The van der Waals surface area contributed by atoms with Crippen molar-refractivity contribution in [2.24, 2.45) is 0 Å². The highest BCUT2D eigenvalue weighted by molar-refractivity contribution is 7.13. The smallest absolute Gasteiger partial charge is 0.227 e. The molecular formula is C20H16N4OS. The molecule has 0 saturated heterocycles. The zero-order chi connectivity index (χ0) is 17.8. The maximum Gasteiger partial charge on any atom is 0.227 e. The molecule has 4 rings (SSSR count). The molecule has 0 aliphatic rings. The van der Waals surface area contributed by atoms with E-state index in [1.54, 1.807) is 30.8 Å². The molecule has 128 valence electrons. The van der Waals surface area contributed by atoms with Crippen LogP contribution in [0.3, 0.4) is 0 Å². The second-order valence-electron chi connectivity index (χ2n) is 5.54. The summed E-state index contributed by atoms with van der Waals surface area (Å²) in [5.74, 6) is 1.39. The van der Waals surface area contributed by atoms with Crippen molar-refractivity contribution in [2.75, 3.05) is 12.4 Å². The SMILES string of the molecule is COc1ccc(-c2cccc(Nc3nccc(-c4nccs4)n3)c2)cc1. The number of benzene rings is 2. The molecule has 0 unspecified atom stereocenters. The van der Waals surface area contributed by atoms with E-state index in [2.05, 4.69) is 32.4 Å². The second-order valence-corrected chi connectivity index (χ2v) is 6.43. The minimum Gasteiger partial charge on any atom is -0.497 e. The Morgan fingerprint density at radius 2 is 1.81 bits per heavy atom. The summed E-state index contributed by atoms with van der Waals surface area (Å²) in [7, 11) is 1.67. The highest BCUT2D eigenvalue weighted by Crippen LogP contribution is 2.26. The molecule has 0 aliphatic heterocycles. The van der Waals surface area contributed by atoms with E-state index in [-0.39, 0.29) is 0 Å². The number of nitrogens with one attached hydrogen (secondary N) is 1. The molecule has 1 N–H and O–H groups in total. The number of thiazole rings is 1. The van der Waals surface area contributed by atoms with Crippen molar-refractivity contribution < 1.29 is 4.74 Å². The lowest BCUT2D eigenvalue weighted by molar-refractivity contribution is 0.415. The molecule has 0 radical (unpaired) electrons. The predicted molar refractivity (Wildman–Crippen MR) is 105 cm³/mol.